The minimum absolute atomic E-state index is 0. The van der Waals surface area contributed by atoms with Crippen molar-refractivity contribution in [1.29, 1.82) is 0 Å². The molecule has 1 heterocycles. The van der Waals surface area contributed by atoms with Crippen LogP contribution in [-0.4, -0.2) is 17.4 Å². The molecule has 3 rings (SSSR count). The number of aromatic nitrogens is 1. The summed E-state index contributed by atoms with van der Waals surface area (Å²) in [6.45, 7) is 1.19. The molecule has 2 bridgehead atoms. The average Bonchev–Trinajstić information content (AvgIpc) is 3.07. The van der Waals surface area contributed by atoms with Gasteiger partial charge in [-0.3, -0.25) is 9.78 Å². The third-order valence-electron chi connectivity index (χ3n) is 4.70. The van der Waals surface area contributed by atoms with E-state index in [2.05, 4.69) is 10.3 Å². The lowest BCUT2D eigenvalue weighted by Crippen LogP contribution is -2.31. The SMILES string of the molecule is Cl.NCc1cc(C(=O)NCC2CC3CCC2C3)ccn1. The lowest BCUT2D eigenvalue weighted by atomic mass is 9.89. The molecule has 2 aliphatic carbocycles. The van der Waals surface area contributed by atoms with Gasteiger partial charge in [0.2, 0.25) is 0 Å². The Morgan fingerprint density at radius 3 is 2.90 bits per heavy atom. The summed E-state index contributed by atoms with van der Waals surface area (Å²) in [7, 11) is 0. The van der Waals surface area contributed by atoms with Gasteiger partial charge in [0, 0.05) is 24.8 Å². The molecule has 4 nitrogen and oxygen atoms in total. The van der Waals surface area contributed by atoms with Gasteiger partial charge in [-0.05, 0) is 49.1 Å². The van der Waals surface area contributed by atoms with E-state index in [4.69, 9.17) is 5.73 Å². The summed E-state index contributed by atoms with van der Waals surface area (Å²) in [4.78, 5) is 16.2. The van der Waals surface area contributed by atoms with Gasteiger partial charge in [-0.15, -0.1) is 12.4 Å². The van der Waals surface area contributed by atoms with Crippen molar-refractivity contribution in [1.82, 2.24) is 10.3 Å². The van der Waals surface area contributed by atoms with E-state index in [1.165, 1.54) is 25.7 Å². The topological polar surface area (TPSA) is 68.0 Å². The Morgan fingerprint density at radius 1 is 1.40 bits per heavy atom. The number of nitrogens with two attached hydrogens (primary N) is 1. The highest BCUT2D eigenvalue weighted by Crippen LogP contribution is 2.47. The predicted octanol–water partition coefficient (Wildman–Crippen LogP) is 2.13. The van der Waals surface area contributed by atoms with Gasteiger partial charge in [0.15, 0.2) is 0 Å². The Morgan fingerprint density at radius 2 is 2.25 bits per heavy atom. The Kier molecular flexibility index (Phi) is 5.00. The fourth-order valence-electron chi connectivity index (χ4n) is 3.68. The summed E-state index contributed by atoms with van der Waals surface area (Å²) in [6.07, 6.45) is 7.09. The molecule has 1 aromatic heterocycles. The number of hydrogen-bond acceptors (Lipinski definition) is 3. The number of pyridine rings is 1. The van der Waals surface area contributed by atoms with E-state index >= 15 is 0 Å². The Bertz CT molecular complexity index is 480. The van der Waals surface area contributed by atoms with Crippen molar-refractivity contribution in [3.63, 3.8) is 0 Å². The zero-order valence-corrected chi connectivity index (χ0v) is 12.4. The van der Waals surface area contributed by atoms with Crippen LogP contribution in [0.15, 0.2) is 18.3 Å². The van der Waals surface area contributed by atoms with Crippen LogP contribution < -0.4 is 11.1 Å². The van der Waals surface area contributed by atoms with Crippen molar-refractivity contribution >= 4 is 18.3 Å². The van der Waals surface area contributed by atoms with Gasteiger partial charge in [-0.1, -0.05) is 6.42 Å². The molecule has 3 atom stereocenters. The zero-order chi connectivity index (χ0) is 13.2. The second-order valence-corrected chi connectivity index (χ2v) is 5.88. The number of carbonyl (C=O) groups excluding carboxylic acids is 1. The van der Waals surface area contributed by atoms with Crippen LogP contribution in [-0.2, 0) is 6.54 Å². The highest BCUT2D eigenvalue weighted by atomic mass is 35.5. The van der Waals surface area contributed by atoms with Crippen molar-refractivity contribution in [2.45, 2.75) is 32.2 Å². The van der Waals surface area contributed by atoms with Crippen molar-refractivity contribution in [2.75, 3.05) is 6.54 Å². The molecule has 2 fully saturated rings. The first-order chi connectivity index (χ1) is 9.26. The second-order valence-electron chi connectivity index (χ2n) is 5.88. The first-order valence-electron chi connectivity index (χ1n) is 7.19. The Hall–Kier alpha value is -1.13. The standard InChI is InChI=1S/C15H21N3O.ClH/c16-8-14-7-12(3-4-17-14)15(19)18-9-13-6-10-1-2-11(13)5-10;/h3-4,7,10-11,13H,1-2,5-6,8-9,16H2,(H,18,19);1H. The molecule has 20 heavy (non-hydrogen) atoms. The van der Waals surface area contributed by atoms with Gasteiger partial charge in [0.25, 0.3) is 5.91 Å². The number of nitrogens with one attached hydrogen (secondary N) is 1. The van der Waals surface area contributed by atoms with Crippen LogP contribution in [0.25, 0.3) is 0 Å². The molecule has 1 aromatic rings. The maximum Gasteiger partial charge on any atom is 0.251 e. The number of fused-ring (bicyclic) bond motifs is 2. The van der Waals surface area contributed by atoms with Crippen LogP contribution in [0.1, 0.15) is 41.7 Å². The number of nitrogens with zero attached hydrogens (tertiary/aromatic N) is 1. The maximum atomic E-state index is 12.1. The van der Waals surface area contributed by atoms with Gasteiger partial charge in [-0.25, -0.2) is 0 Å². The molecular weight excluding hydrogens is 274 g/mol. The van der Waals surface area contributed by atoms with Crippen LogP contribution in [0, 0.1) is 17.8 Å². The molecular formula is C15H22ClN3O. The van der Waals surface area contributed by atoms with E-state index in [-0.39, 0.29) is 18.3 Å². The summed E-state index contributed by atoms with van der Waals surface area (Å²) in [6, 6.07) is 3.52. The van der Waals surface area contributed by atoms with Gasteiger partial charge in [0.1, 0.15) is 0 Å². The molecule has 0 saturated heterocycles. The fourth-order valence-corrected chi connectivity index (χ4v) is 3.68. The largest absolute Gasteiger partial charge is 0.352 e. The van der Waals surface area contributed by atoms with Gasteiger partial charge >= 0.3 is 0 Å². The van der Waals surface area contributed by atoms with Crippen molar-refractivity contribution in [3.05, 3.63) is 29.6 Å². The molecule has 2 saturated carbocycles. The minimum atomic E-state index is -0.000117. The highest BCUT2D eigenvalue weighted by Gasteiger charge is 2.39. The quantitative estimate of drug-likeness (QED) is 0.894. The molecule has 2 aliphatic rings. The smallest absolute Gasteiger partial charge is 0.251 e. The van der Waals surface area contributed by atoms with Crippen LogP contribution >= 0.6 is 12.4 Å². The predicted molar refractivity (Wildman–Crippen MR) is 80.6 cm³/mol. The van der Waals surface area contributed by atoms with E-state index in [0.717, 1.165) is 24.1 Å². The van der Waals surface area contributed by atoms with Gasteiger partial charge < -0.3 is 11.1 Å². The number of hydrogen-bond donors (Lipinski definition) is 2. The molecule has 110 valence electrons. The number of halogens is 1. The maximum absolute atomic E-state index is 12.1. The Balaban J connectivity index is 0.00000147. The van der Waals surface area contributed by atoms with Crippen LogP contribution in [0.5, 0.6) is 0 Å². The highest BCUT2D eigenvalue weighted by molar-refractivity contribution is 5.94. The molecule has 5 heteroatoms. The van der Waals surface area contributed by atoms with Crippen LogP contribution in [0.2, 0.25) is 0 Å². The monoisotopic (exact) mass is 295 g/mol. The van der Waals surface area contributed by atoms with E-state index < -0.39 is 0 Å². The normalized spacial score (nSPS) is 27.1. The van der Waals surface area contributed by atoms with Crippen molar-refractivity contribution < 1.29 is 4.79 Å². The summed E-state index contributed by atoms with van der Waals surface area (Å²) in [5.74, 6) is 2.47. The van der Waals surface area contributed by atoms with Crippen LogP contribution in [0.4, 0.5) is 0 Å². The third kappa shape index (κ3) is 3.13. The third-order valence-corrected chi connectivity index (χ3v) is 4.70. The van der Waals surface area contributed by atoms with Gasteiger partial charge in [-0.2, -0.15) is 0 Å². The molecule has 1 amide bonds. The number of rotatable bonds is 4. The van der Waals surface area contributed by atoms with E-state index in [1.54, 1.807) is 18.3 Å². The van der Waals surface area contributed by atoms with Gasteiger partial charge in [0.05, 0.1) is 5.69 Å². The van der Waals surface area contributed by atoms with E-state index in [0.29, 0.717) is 18.0 Å². The minimum Gasteiger partial charge on any atom is -0.352 e. The summed E-state index contributed by atoms with van der Waals surface area (Å²) < 4.78 is 0. The van der Waals surface area contributed by atoms with Crippen molar-refractivity contribution in [2.24, 2.45) is 23.5 Å². The van der Waals surface area contributed by atoms with Crippen molar-refractivity contribution in [3.8, 4) is 0 Å². The molecule has 3 N–H and O–H groups in total. The first-order valence-corrected chi connectivity index (χ1v) is 7.19. The molecule has 3 unspecified atom stereocenters. The van der Waals surface area contributed by atoms with E-state index in [9.17, 15) is 4.79 Å². The lowest BCUT2D eigenvalue weighted by Gasteiger charge is -2.21. The summed E-state index contributed by atoms with van der Waals surface area (Å²) in [5, 5.41) is 3.07. The molecule has 0 spiro atoms. The fraction of sp³-hybridized carbons (Fsp3) is 0.600. The summed E-state index contributed by atoms with van der Waals surface area (Å²) in [5.41, 5.74) is 6.96. The number of carbonyl (C=O) groups is 1. The molecule has 0 aliphatic heterocycles. The first kappa shape index (κ1) is 15.3. The van der Waals surface area contributed by atoms with E-state index in [1.807, 2.05) is 0 Å². The second kappa shape index (κ2) is 6.55. The number of amides is 1. The molecule has 0 aromatic carbocycles. The lowest BCUT2D eigenvalue weighted by molar-refractivity contribution is 0.0941. The Labute approximate surface area is 125 Å². The van der Waals surface area contributed by atoms with Crippen LogP contribution in [0.3, 0.4) is 0 Å². The zero-order valence-electron chi connectivity index (χ0n) is 11.5. The molecule has 0 radical (unpaired) electrons. The summed E-state index contributed by atoms with van der Waals surface area (Å²) >= 11 is 0. The average molecular weight is 296 g/mol.